The summed E-state index contributed by atoms with van der Waals surface area (Å²) in [6, 6.07) is 7.96. The number of nitrogens with one attached hydrogen (secondary N) is 1. The molecular weight excluding hydrogens is 398 g/mol. The molecule has 2 aliphatic heterocycles. The third-order valence-electron chi connectivity index (χ3n) is 6.69. The summed E-state index contributed by atoms with van der Waals surface area (Å²) >= 11 is 0. The van der Waals surface area contributed by atoms with E-state index in [4.69, 9.17) is 14.2 Å². The number of ether oxygens (including phenoxy) is 3. The number of anilines is 1. The van der Waals surface area contributed by atoms with Crippen molar-refractivity contribution in [3.05, 3.63) is 29.8 Å². The molecule has 1 aromatic rings. The average molecular weight is 432 g/mol. The zero-order chi connectivity index (χ0) is 21.8. The Morgan fingerprint density at radius 2 is 1.81 bits per heavy atom. The number of benzene rings is 1. The van der Waals surface area contributed by atoms with Gasteiger partial charge in [0.25, 0.3) is 0 Å². The normalized spacial score (nSPS) is 24.3. The van der Waals surface area contributed by atoms with Gasteiger partial charge in [-0.25, -0.2) is 4.79 Å². The number of carbonyl (C=O) groups is 2. The molecule has 3 aliphatic rings. The van der Waals surface area contributed by atoms with E-state index < -0.39 is 0 Å². The predicted molar refractivity (Wildman–Crippen MR) is 116 cm³/mol. The van der Waals surface area contributed by atoms with Crippen molar-refractivity contribution in [3.63, 3.8) is 0 Å². The van der Waals surface area contributed by atoms with Gasteiger partial charge in [0, 0.05) is 50.2 Å². The van der Waals surface area contributed by atoms with Crippen LogP contribution in [0.3, 0.4) is 0 Å². The summed E-state index contributed by atoms with van der Waals surface area (Å²) in [6.07, 6.45) is 3.50. The second-order valence-corrected chi connectivity index (χ2v) is 8.75. The minimum atomic E-state index is -0.388. The van der Waals surface area contributed by atoms with Crippen LogP contribution in [0.4, 0.5) is 5.69 Å². The van der Waals surface area contributed by atoms with Crippen LogP contribution < -0.4 is 10.2 Å². The molecular formula is C23H33N3O5. The monoisotopic (exact) mass is 431 g/mol. The Morgan fingerprint density at radius 3 is 2.42 bits per heavy atom. The van der Waals surface area contributed by atoms with Crippen LogP contribution >= 0.6 is 0 Å². The number of carbonyl (C=O) groups excluding carboxylic acids is 2. The minimum absolute atomic E-state index is 0.0944. The molecule has 1 atom stereocenters. The number of amides is 1. The molecule has 0 radical (unpaired) electrons. The molecule has 3 fully saturated rings. The number of rotatable bonds is 5. The summed E-state index contributed by atoms with van der Waals surface area (Å²) in [7, 11) is 1.39. The molecule has 2 saturated heterocycles. The first-order chi connectivity index (χ1) is 15.0. The molecule has 2 heterocycles. The van der Waals surface area contributed by atoms with Crippen LogP contribution in [0, 0.1) is 0 Å². The number of piperazine rings is 1. The molecule has 4 rings (SSSR count). The standard InChI is InChI=1S/C23H33N3O5/c1-17-15-26(20-5-3-18(4-6-20)22(28)29-2)12-11-25(17)16-21(27)24-19-7-9-23(10-8-19)30-13-14-31-23/h3-6,17,19H,7-16H2,1-2H3,(H,24,27). The molecule has 1 N–H and O–H groups in total. The Kier molecular flexibility index (Phi) is 6.79. The zero-order valence-corrected chi connectivity index (χ0v) is 18.5. The van der Waals surface area contributed by atoms with E-state index in [-0.39, 0.29) is 29.7 Å². The van der Waals surface area contributed by atoms with E-state index in [1.54, 1.807) is 12.1 Å². The highest BCUT2D eigenvalue weighted by Gasteiger charge is 2.40. The van der Waals surface area contributed by atoms with Crippen molar-refractivity contribution in [2.45, 2.75) is 50.5 Å². The van der Waals surface area contributed by atoms with Gasteiger partial charge in [-0.2, -0.15) is 0 Å². The highest BCUT2D eigenvalue weighted by Crippen LogP contribution is 2.35. The molecule has 0 bridgehead atoms. The molecule has 8 heteroatoms. The molecule has 170 valence electrons. The topological polar surface area (TPSA) is 80.3 Å². The summed E-state index contributed by atoms with van der Waals surface area (Å²) < 4.78 is 16.3. The third-order valence-corrected chi connectivity index (χ3v) is 6.69. The molecule has 1 unspecified atom stereocenters. The lowest BCUT2D eigenvalue weighted by Gasteiger charge is -2.41. The van der Waals surface area contributed by atoms with Gasteiger partial charge >= 0.3 is 5.97 Å². The maximum Gasteiger partial charge on any atom is 0.337 e. The van der Waals surface area contributed by atoms with Gasteiger partial charge in [-0.15, -0.1) is 0 Å². The van der Waals surface area contributed by atoms with E-state index in [1.165, 1.54) is 7.11 Å². The van der Waals surface area contributed by atoms with Gasteiger partial charge in [-0.05, 0) is 44.0 Å². The maximum absolute atomic E-state index is 12.6. The highest BCUT2D eigenvalue weighted by atomic mass is 16.7. The van der Waals surface area contributed by atoms with Gasteiger partial charge in [-0.3, -0.25) is 9.69 Å². The van der Waals surface area contributed by atoms with Crippen molar-refractivity contribution in [2.24, 2.45) is 0 Å². The van der Waals surface area contributed by atoms with Crippen molar-refractivity contribution in [2.75, 3.05) is 51.4 Å². The van der Waals surface area contributed by atoms with Gasteiger partial charge in [0.2, 0.25) is 5.91 Å². The van der Waals surface area contributed by atoms with E-state index in [9.17, 15) is 9.59 Å². The van der Waals surface area contributed by atoms with Crippen LogP contribution in [0.15, 0.2) is 24.3 Å². The number of hydrogen-bond donors (Lipinski definition) is 1. The Balaban J connectivity index is 1.23. The van der Waals surface area contributed by atoms with Gasteiger partial charge in [-0.1, -0.05) is 0 Å². The first-order valence-corrected chi connectivity index (χ1v) is 11.2. The second-order valence-electron chi connectivity index (χ2n) is 8.75. The van der Waals surface area contributed by atoms with E-state index in [2.05, 4.69) is 22.0 Å². The number of hydrogen-bond acceptors (Lipinski definition) is 7. The number of methoxy groups -OCH3 is 1. The molecule has 1 spiro atoms. The Hall–Kier alpha value is -2.16. The van der Waals surface area contributed by atoms with Crippen LogP contribution in [0.5, 0.6) is 0 Å². The Labute approximate surface area is 183 Å². The van der Waals surface area contributed by atoms with E-state index in [0.717, 1.165) is 51.0 Å². The van der Waals surface area contributed by atoms with Gasteiger partial charge in [0.15, 0.2) is 5.79 Å². The molecule has 31 heavy (non-hydrogen) atoms. The molecule has 1 amide bonds. The summed E-state index contributed by atoms with van der Waals surface area (Å²) in [5.41, 5.74) is 1.63. The first-order valence-electron chi connectivity index (χ1n) is 11.2. The van der Waals surface area contributed by atoms with E-state index in [1.807, 2.05) is 12.1 Å². The summed E-state index contributed by atoms with van der Waals surface area (Å²) in [4.78, 5) is 28.8. The summed E-state index contributed by atoms with van der Waals surface area (Å²) in [6.45, 7) is 6.43. The Morgan fingerprint density at radius 1 is 1.13 bits per heavy atom. The quantitative estimate of drug-likeness (QED) is 0.712. The molecule has 1 saturated carbocycles. The minimum Gasteiger partial charge on any atom is -0.465 e. The second kappa shape index (κ2) is 9.54. The smallest absolute Gasteiger partial charge is 0.337 e. The molecule has 0 aromatic heterocycles. The van der Waals surface area contributed by atoms with E-state index in [0.29, 0.717) is 25.3 Å². The van der Waals surface area contributed by atoms with Crippen molar-refractivity contribution >= 4 is 17.6 Å². The maximum atomic E-state index is 12.6. The van der Waals surface area contributed by atoms with Crippen LogP contribution in [0.2, 0.25) is 0 Å². The third kappa shape index (κ3) is 5.19. The number of esters is 1. The zero-order valence-electron chi connectivity index (χ0n) is 18.5. The largest absolute Gasteiger partial charge is 0.465 e. The van der Waals surface area contributed by atoms with Crippen molar-refractivity contribution in [3.8, 4) is 0 Å². The average Bonchev–Trinajstić information content (AvgIpc) is 3.24. The van der Waals surface area contributed by atoms with Crippen LogP contribution in [0.1, 0.15) is 43.0 Å². The van der Waals surface area contributed by atoms with Crippen molar-refractivity contribution in [1.29, 1.82) is 0 Å². The van der Waals surface area contributed by atoms with Crippen molar-refractivity contribution < 1.29 is 23.8 Å². The molecule has 1 aromatic carbocycles. The van der Waals surface area contributed by atoms with Crippen LogP contribution in [-0.2, 0) is 19.0 Å². The molecule has 1 aliphatic carbocycles. The fourth-order valence-electron chi connectivity index (χ4n) is 4.84. The fraction of sp³-hybridized carbons (Fsp3) is 0.652. The Bertz CT molecular complexity index is 768. The van der Waals surface area contributed by atoms with Gasteiger partial charge < -0.3 is 24.4 Å². The van der Waals surface area contributed by atoms with Gasteiger partial charge in [0.1, 0.15) is 0 Å². The van der Waals surface area contributed by atoms with Gasteiger partial charge in [0.05, 0.1) is 32.4 Å². The number of nitrogens with zero attached hydrogens (tertiary/aromatic N) is 2. The lowest BCUT2D eigenvalue weighted by molar-refractivity contribution is -0.180. The summed E-state index contributed by atoms with van der Waals surface area (Å²) in [5, 5.41) is 3.21. The summed E-state index contributed by atoms with van der Waals surface area (Å²) in [5.74, 6) is -0.620. The molecule has 8 nitrogen and oxygen atoms in total. The fourth-order valence-corrected chi connectivity index (χ4v) is 4.84. The SMILES string of the molecule is COC(=O)c1ccc(N2CCN(CC(=O)NC3CCC4(CC3)OCCO4)C(C)C2)cc1. The lowest BCUT2D eigenvalue weighted by Crippen LogP contribution is -2.55. The van der Waals surface area contributed by atoms with Crippen LogP contribution in [-0.4, -0.2) is 81.1 Å². The van der Waals surface area contributed by atoms with E-state index >= 15 is 0 Å². The predicted octanol–water partition coefficient (Wildman–Crippen LogP) is 1.79. The van der Waals surface area contributed by atoms with Crippen molar-refractivity contribution in [1.82, 2.24) is 10.2 Å². The van der Waals surface area contributed by atoms with Crippen LogP contribution in [0.25, 0.3) is 0 Å². The lowest BCUT2D eigenvalue weighted by atomic mass is 9.90. The highest BCUT2D eigenvalue weighted by molar-refractivity contribution is 5.89. The first kappa shape index (κ1) is 22.0.